The number of rotatable bonds is 4. The van der Waals surface area contributed by atoms with E-state index in [-0.39, 0.29) is 16.4 Å². The number of sulfonamides is 1. The lowest BCUT2D eigenvalue weighted by molar-refractivity contribution is 0.411. The molecule has 0 N–H and O–H groups in total. The van der Waals surface area contributed by atoms with Crippen LogP contribution in [0.1, 0.15) is 5.56 Å². The van der Waals surface area contributed by atoms with E-state index in [1.807, 2.05) is 0 Å². The van der Waals surface area contributed by atoms with Gasteiger partial charge in [0.15, 0.2) is 5.75 Å². The average molecular weight is 311 g/mol. The molecular weight excluding hydrogens is 297 g/mol. The number of ether oxygens (including phenoxy) is 1. The maximum atomic E-state index is 13.5. The third-order valence-electron chi connectivity index (χ3n) is 2.99. The molecule has 1 aromatic heterocycles. The Labute approximate surface area is 122 Å². The van der Waals surface area contributed by atoms with Gasteiger partial charge in [0.05, 0.1) is 24.4 Å². The molecule has 2 rings (SSSR count). The second-order valence-electron chi connectivity index (χ2n) is 4.26. The van der Waals surface area contributed by atoms with E-state index in [2.05, 4.69) is 9.97 Å². The van der Waals surface area contributed by atoms with Gasteiger partial charge in [-0.3, -0.25) is 0 Å². The normalized spacial score (nSPS) is 11.2. The van der Waals surface area contributed by atoms with Crippen molar-refractivity contribution in [3.05, 3.63) is 42.0 Å². The van der Waals surface area contributed by atoms with Crippen molar-refractivity contribution in [2.75, 3.05) is 18.5 Å². The fraction of sp³-hybridized carbons (Fsp3) is 0.231. The van der Waals surface area contributed by atoms with Gasteiger partial charge >= 0.3 is 0 Å². The van der Waals surface area contributed by atoms with E-state index in [4.69, 9.17) is 4.74 Å². The van der Waals surface area contributed by atoms with Crippen molar-refractivity contribution in [3.63, 3.8) is 0 Å². The number of methoxy groups -OCH3 is 1. The third kappa shape index (κ3) is 2.80. The van der Waals surface area contributed by atoms with Gasteiger partial charge < -0.3 is 4.74 Å². The van der Waals surface area contributed by atoms with Gasteiger partial charge in [-0.15, -0.1) is 0 Å². The second-order valence-corrected chi connectivity index (χ2v) is 6.20. The molecule has 6 nitrogen and oxygen atoms in total. The molecule has 8 heteroatoms. The Bertz CT molecular complexity index is 748. The van der Waals surface area contributed by atoms with Crippen LogP contribution in [-0.2, 0) is 10.0 Å². The largest absolute Gasteiger partial charge is 0.494 e. The van der Waals surface area contributed by atoms with Crippen LogP contribution in [0, 0.1) is 12.7 Å². The molecule has 0 aliphatic carbocycles. The Morgan fingerprint density at radius 2 is 1.86 bits per heavy atom. The van der Waals surface area contributed by atoms with Crippen molar-refractivity contribution >= 4 is 16.0 Å². The van der Waals surface area contributed by atoms with Crippen molar-refractivity contribution in [1.82, 2.24) is 9.97 Å². The van der Waals surface area contributed by atoms with Gasteiger partial charge in [-0.2, -0.15) is 0 Å². The van der Waals surface area contributed by atoms with E-state index >= 15 is 0 Å². The molecule has 0 saturated heterocycles. The highest BCUT2D eigenvalue weighted by atomic mass is 32.2. The maximum absolute atomic E-state index is 13.5. The number of hydrogen-bond donors (Lipinski definition) is 0. The summed E-state index contributed by atoms with van der Waals surface area (Å²) in [5.41, 5.74) is 0.0536. The lowest BCUT2D eigenvalue weighted by atomic mass is 10.2. The molecule has 0 unspecified atom stereocenters. The van der Waals surface area contributed by atoms with Gasteiger partial charge in [-0.05, 0) is 19.1 Å². The van der Waals surface area contributed by atoms with Crippen LogP contribution < -0.4 is 9.04 Å². The van der Waals surface area contributed by atoms with Crippen molar-refractivity contribution < 1.29 is 17.5 Å². The lowest BCUT2D eigenvalue weighted by Gasteiger charge is -2.18. The van der Waals surface area contributed by atoms with Crippen LogP contribution in [0.4, 0.5) is 10.3 Å². The third-order valence-corrected chi connectivity index (χ3v) is 4.87. The van der Waals surface area contributed by atoms with Gasteiger partial charge in [0.1, 0.15) is 5.82 Å². The van der Waals surface area contributed by atoms with E-state index in [0.717, 1.165) is 4.31 Å². The zero-order valence-corrected chi connectivity index (χ0v) is 12.6. The average Bonchev–Trinajstić information content (AvgIpc) is 2.49. The Hall–Kier alpha value is -2.22. The molecule has 0 fully saturated rings. The Morgan fingerprint density at radius 3 is 2.43 bits per heavy atom. The minimum Gasteiger partial charge on any atom is -0.494 e. The van der Waals surface area contributed by atoms with E-state index < -0.39 is 15.8 Å². The second kappa shape index (κ2) is 5.65. The minimum absolute atomic E-state index is 0.0283. The van der Waals surface area contributed by atoms with Crippen molar-refractivity contribution in [2.45, 2.75) is 11.8 Å². The zero-order chi connectivity index (χ0) is 15.6. The number of nitrogens with zero attached hydrogens (tertiary/aromatic N) is 3. The minimum atomic E-state index is -3.94. The predicted molar refractivity (Wildman–Crippen MR) is 75.3 cm³/mol. The number of halogens is 1. The molecule has 0 bridgehead atoms. The van der Waals surface area contributed by atoms with E-state index in [0.29, 0.717) is 5.75 Å². The number of hydrogen-bond acceptors (Lipinski definition) is 5. The van der Waals surface area contributed by atoms with Crippen LogP contribution in [0.5, 0.6) is 5.75 Å². The Balaban J connectivity index is 2.44. The zero-order valence-electron chi connectivity index (χ0n) is 11.7. The molecule has 21 heavy (non-hydrogen) atoms. The molecule has 0 aliphatic rings. The molecule has 2 aromatic rings. The topological polar surface area (TPSA) is 72.4 Å². The van der Waals surface area contributed by atoms with Crippen LogP contribution >= 0.6 is 0 Å². The summed E-state index contributed by atoms with van der Waals surface area (Å²) in [6.07, 6.45) is 2.71. The molecule has 0 radical (unpaired) electrons. The molecule has 0 spiro atoms. The number of aromatic nitrogens is 2. The first-order valence-corrected chi connectivity index (χ1v) is 7.42. The van der Waals surface area contributed by atoms with E-state index in [1.165, 1.54) is 51.7 Å². The summed E-state index contributed by atoms with van der Waals surface area (Å²) in [5.74, 6) is -0.203. The summed E-state index contributed by atoms with van der Waals surface area (Å²) >= 11 is 0. The van der Waals surface area contributed by atoms with Gasteiger partial charge in [0.25, 0.3) is 10.0 Å². The van der Waals surface area contributed by atoms with Crippen molar-refractivity contribution in [3.8, 4) is 5.75 Å². The van der Waals surface area contributed by atoms with Gasteiger partial charge in [0.2, 0.25) is 5.95 Å². The summed E-state index contributed by atoms with van der Waals surface area (Å²) in [7, 11) is -1.18. The van der Waals surface area contributed by atoms with Crippen LogP contribution in [0.25, 0.3) is 0 Å². The van der Waals surface area contributed by atoms with E-state index in [9.17, 15) is 12.8 Å². The molecule has 1 heterocycles. The van der Waals surface area contributed by atoms with Gasteiger partial charge in [-0.25, -0.2) is 27.1 Å². The summed E-state index contributed by atoms with van der Waals surface area (Å²) in [5, 5.41) is 0. The van der Waals surface area contributed by atoms with Gasteiger partial charge in [-0.1, -0.05) is 6.07 Å². The smallest absolute Gasteiger partial charge is 0.266 e. The summed E-state index contributed by atoms with van der Waals surface area (Å²) in [4.78, 5) is 7.70. The number of anilines is 1. The fourth-order valence-electron chi connectivity index (χ4n) is 1.70. The van der Waals surface area contributed by atoms with Crippen molar-refractivity contribution in [1.29, 1.82) is 0 Å². The van der Waals surface area contributed by atoms with Crippen LogP contribution in [-0.4, -0.2) is 32.5 Å². The van der Waals surface area contributed by atoms with Crippen LogP contribution in [0.3, 0.4) is 0 Å². The molecule has 0 amide bonds. The molecular formula is C13H14FN3O3S. The first-order valence-electron chi connectivity index (χ1n) is 5.98. The molecule has 0 saturated carbocycles. The van der Waals surface area contributed by atoms with Crippen molar-refractivity contribution in [2.24, 2.45) is 0 Å². The number of benzene rings is 1. The first-order chi connectivity index (χ1) is 9.87. The summed E-state index contributed by atoms with van der Waals surface area (Å²) in [6.45, 7) is 1.41. The fourth-order valence-corrected chi connectivity index (χ4v) is 3.04. The highest BCUT2D eigenvalue weighted by molar-refractivity contribution is 7.92. The Kier molecular flexibility index (Phi) is 4.08. The first kappa shape index (κ1) is 15.2. The summed E-state index contributed by atoms with van der Waals surface area (Å²) < 4.78 is 44.4. The van der Waals surface area contributed by atoms with Gasteiger partial charge in [0, 0.05) is 12.6 Å². The van der Waals surface area contributed by atoms with E-state index in [1.54, 1.807) is 0 Å². The molecule has 0 aliphatic heterocycles. The monoisotopic (exact) mass is 311 g/mol. The quantitative estimate of drug-likeness (QED) is 0.860. The van der Waals surface area contributed by atoms with Crippen LogP contribution in [0.2, 0.25) is 0 Å². The SMILES string of the molecule is COc1cnc(N(C)S(=O)(=O)c2cccc(F)c2C)nc1. The highest BCUT2D eigenvalue weighted by Gasteiger charge is 2.26. The molecule has 1 aromatic carbocycles. The van der Waals surface area contributed by atoms with Crippen LogP contribution in [0.15, 0.2) is 35.5 Å². The predicted octanol–water partition coefficient (Wildman–Crippen LogP) is 1.76. The standard InChI is InChI=1S/C13H14FN3O3S/c1-9-11(14)5-4-6-12(9)21(18,19)17(2)13-15-7-10(20-3)8-16-13/h4-8H,1-3H3. The lowest BCUT2D eigenvalue weighted by Crippen LogP contribution is -2.29. The molecule has 0 atom stereocenters. The highest BCUT2D eigenvalue weighted by Crippen LogP contribution is 2.23. The maximum Gasteiger partial charge on any atom is 0.266 e. The Morgan fingerprint density at radius 1 is 1.24 bits per heavy atom. The molecule has 112 valence electrons. The summed E-state index contributed by atoms with van der Waals surface area (Å²) in [6, 6.07) is 3.89.